The lowest BCUT2D eigenvalue weighted by Gasteiger charge is -2.10. The first-order chi connectivity index (χ1) is 7.61. The van der Waals surface area contributed by atoms with Crippen molar-refractivity contribution in [1.82, 2.24) is 9.97 Å². The molecule has 0 atom stereocenters. The lowest BCUT2D eigenvalue weighted by molar-refractivity contribution is 0.687. The molecule has 0 amide bonds. The fourth-order valence-corrected chi connectivity index (χ4v) is 1.21. The van der Waals surface area contributed by atoms with Crippen LogP contribution in [0.2, 0.25) is 0 Å². The average molecular weight is 223 g/mol. The summed E-state index contributed by atoms with van der Waals surface area (Å²) >= 11 is 0. The molecule has 4 N–H and O–H groups in total. The minimum absolute atomic E-state index is 0.298. The molecule has 1 aromatic rings. The van der Waals surface area contributed by atoms with Crippen LogP contribution in [0.1, 0.15) is 27.2 Å². The quantitative estimate of drug-likeness (QED) is 0.687. The third-order valence-electron chi connectivity index (χ3n) is 1.99. The molecule has 0 spiro atoms. The molecule has 0 fully saturated rings. The molecule has 0 unspecified atom stereocenters. The highest BCUT2D eigenvalue weighted by Crippen LogP contribution is 2.12. The first kappa shape index (κ1) is 12.5. The molecular formula is C11H21N5. The van der Waals surface area contributed by atoms with Gasteiger partial charge in [0.25, 0.3) is 0 Å². The van der Waals surface area contributed by atoms with Gasteiger partial charge < -0.3 is 16.4 Å². The second-order valence-electron chi connectivity index (χ2n) is 4.20. The number of rotatable bonds is 6. The molecule has 90 valence electrons. The fourth-order valence-electron chi connectivity index (χ4n) is 1.21. The Morgan fingerprint density at radius 2 is 1.88 bits per heavy atom. The third-order valence-corrected chi connectivity index (χ3v) is 1.99. The minimum atomic E-state index is 0.298. The predicted molar refractivity (Wildman–Crippen MR) is 68.6 cm³/mol. The van der Waals surface area contributed by atoms with Crippen molar-refractivity contribution in [1.29, 1.82) is 0 Å². The number of nitrogens with two attached hydrogens (primary N) is 1. The maximum atomic E-state index is 5.64. The molecule has 1 aromatic heterocycles. The molecule has 0 saturated carbocycles. The van der Waals surface area contributed by atoms with E-state index in [9.17, 15) is 0 Å². The lowest BCUT2D eigenvalue weighted by Crippen LogP contribution is -2.12. The molecule has 5 nitrogen and oxygen atoms in total. The summed E-state index contributed by atoms with van der Waals surface area (Å²) in [5, 5.41) is 6.42. The van der Waals surface area contributed by atoms with E-state index in [0.717, 1.165) is 31.1 Å². The van der Waals surface area contributed by atoms with Crippen molar-refractivity contribution < 1.29 is 0 Å². The highest BCUT2D eigenvalue weighted by molar-refractivity contribution is 5.50. The first-order valence-corrected chi connectivity index (χ1v) is 5.74. The Labute approximate surface area is 96.9 Å². The monoisotopic (exact) mass is 223 g/mol. The van der Waals surface area contributed by atoms with Gasteiger partial charge >= 0.3 is 0 Å². The molecular weight excluding hydrogens is 202 g/mol. The number of nitrogen functional groups attached to an aromatic ring is 1. The number of nitrogens with one attached hydrogen (secondary N) is 2. The van der Waals surface area contributed by atoms with Crippen LogP contribution in [-0.4, -0.2) is 23.1 Å². The van der Waals surface area contributed by atoms with Crippen LogP contribution in [0.4, 0.5) is 17.6 Å². The van der Waals surface area contributed by atoms with Gasteiger partial charge in [-0.25, -0.2) is 0 Å². The van der Waals surface area contributed by atoms with Gasteiger partial charge in [0, 0.05) is 19.2 Å². The van der Waals surface area contributed by atoms with Gasteiger partial charge in [-0.05, 0) is 12.3 Å². The molecule has 1 heterocycles. The maximum Gasteiger partial charge on any atom is 0.223 e. The van der Waals surface area contributed by atoms with Crippen LogP contribution in [0.15, 0.2) is 6.07 Å². The van der Waals surface area contributed by atoms with E-state index in [1.54, 1.807) is 0 Å². The van der Waals surface area contributed by atoms with E-state index in [2.05, 4.69) is 41.4 Å². The highest BCUT2D eigenvalue weighted by Gasteiger charge is 2.02. The number of hydrogen-bond donors (Lipinski definition) is 3. The lowest BCUT2D eigenvalue weighted by atomic mass is 10.2. The summed E-state index contributed by atoms with van der Waals surface area (Å²) in [6.07, 6.45) is 1.05. The smallest absolute Gasteiger partial charge is 0.223 e. The van der Waals surface area contributed by atoms with E-state index in [0.29, 0.717) is 11.9 Å². The predicted octanol–water partition coefficient (Wildman–Crippen LogP) is 1.95. The molecule has 0 radical (unpaired) electrons. The van der Waals surface area contributed by atoms with Crippen LogP contribution in [-0.2, 0) is 0 Å². The van der Waals surface area contributed by atoms with Crippen molar-refractivity contribution in [2.75, 3.05) is 29.5 Å². The molecule has 0 aliphatic heterocycles. The van der Waals surface area contributed by atoms with Crippen LogP contribution in [0.5, 0.6) is 0 Å². The minimum Gasteiger partial charge on any atom is -0.370 e. The Bertz CT molecular complexity index is 324. The van der Waals surface area contributed by atoms with Crippen molar-refractivity contribution in [2.24, 2.45) is 5.92 Å². The van der Waals surface area contributed by atoms with Gasteiger partial charge in [0.15, 0.2) is 0 Å². The summed E-state index contributed by atoms with van der Waals surface area (Å²) in [5.74, 6) is 2.43. The van der Waals surface area contributed by atoms with Crippen LogP contribution in [0, 0.1) is 5.92 Å². The summed E-state index contributed by atoms with van der Waals surface area (Å²) < 4.78 is 0. The Morgan fingerprint density at radius 1 is 1.25 bits per heavy atom. The van der Waals surface area contributed by atoms with Crippen molar-refractivity contribution in [3.63, 3.8) is 0 Å². The third kappa shape index (κ3) is 4.33. The number of aromatic nitrogens is 2. The molecule has 5 heteroatoms. The summed E-state index contributed by atoms with van der Waals surface area (Å²) in [6, 6.07) is 1.88. The van der Waals surface area contributed by atoms with Gasteiger partial charge in [0.05, 0.1) is 0 Å². The summed E-state index contributed by atoms with van der Waals surface area (Å²) in [5.41, 5.74) is 5.64. The van der Waals surface area contributed by atoms with Crippen molar-refractivity contribution in [3.8, 4) is 0 Å². The molecule has 0 aliphatic carbocycles. The van der Waals surface area contributed by atoms with E-state index in [1.165, 1.54) is 0 Å². The Kier molecular flexibility index (Phi) is 4.82. The van der Waals surface area contributed by atoms with Gasteiger partial charge in [0.1, 0.15) is 11.6 Å². The number of anilines is 3. The zero-order valence-corrected chi connectivity index (χ0v) is 10.2. The van der Waals surface area contributed by atoms with Crippen LogP contribution < -0.4 is 16.4 Å². The Morgan fingerprint density at radius 3 is 2.44 bits per heavy atom. The zero-order valence-electron chi connectivity index (χ0n) is 10.2. The molecule has 0 aromatic carbocycles. The fraction of sp³-hybridized carbons (Fsp3) is 0.636. The van der Waals surface area contributed by atoms with Gasteiger partial charge in [-0.15, -0.1) is 0 Å². The second-order valence-corrected chi connectivity index (χ2v) is 4.20. The zero-order chi connectivity index (χ0) is 12.0. The SMILES string of the molecule is CCCNc1cc(NCC(C)C)nc(N)n1. The van der Waals surface area contributed by atoms with E-state index in [1.807, 2.05) is 6.07 Å². The molecule has 0 saturated heterocycles. The topological polar surface area (TPSA) is 75.9 Å². The van der Waals surface area contributed by atoms with E-state index in [-0.39, 0.29) is 0 Å². The van der Waals surface area contributed by atoms with Gasteiger partial charge in [-0.2, -0.15) is 9.97 Å². The number of nitrogens with zero attached hydrogens (tertiary/aromatic N) is 2. The standard InChI is InChI=1S/C11H21N5/c1-4-5-13-9-6-10(14-7-8(2)3)16-11(12)15-9/h6,8H,4-5,7H2,1-3H3,(H4,12,13,14,15,16). The summed E-state index contributed by atoms with van der Waals surface area (Å²) in [7, 11) is 0. The van der Waals surface area contributed by atoms with Gasteiger partial charge in [-0.3, -0.25) is 0 Å². The van der Waals surface area contributed by atoms with Gasteiger partial charge in [0.2, 0.25) is 5.95 Å². The van der Waals surface area contributed by atoms with Crippen molar-refractivity contribution >= 4 is 17.6 Å². The molecule has 1 rings (SSSR count). The normalized spacial score (nSPS) is 10.5. The highest BCUT2D eigenvalue weighted by atomic mass is 15.1. The van der Waals surface area contributed by atoms with E-state index in [4.69, 9.17) is 5.73 Å². The first-order valence-electron chi connectivity index (χ1n) is 5.74. The number of hydrogen-bond acceptors (Lipinski definition) is 5. The summed E-state index contributed by atoms with van der Waals surface area (Å²) in [4.78, 5) is 8.24. The van der Waals surface area contributed by atoms with E-state index < -0.39 is 0 Å². The maximum absolute atomic E-state index is 5.64. The second kappa shape index (κ2) is 6.15. The van der Waals surface area contributed by atoms with Crippen LogP contribution >= 0.6 is 0 Å². The van der Waals surface area contributed by atoms with Crippen molar-refractivity contribution in [3.05, 3.63) is 6.07 Å². The average Bonchev–Trinajstić information content (AvgIpc) is 2.23. The molecule has 0 aliphatic rings. The van der Waals surface area contributed by atoms with E-state index >= 15 is 0 Å². The van der Waals surface area contributed by atoms with Gasteiger partial charge in [-0.1, -0.05) is 20.8 Å². The Balaban J connectivity index is 2.65. The molecule has 16 heavy (non-hydrogen) atoms. The van der Waals surface area contributed by atoms with Crippen LogP contribution in [0.25, 0.3) is 0 Å². The van der Waals surface area contributed by atoms with Crippen molar-refractivity contribution in [2.45, 2.75) is 27.2 Å². The Hall–Kier alpha value is -1.52. The summed E-state index contributed by atoms with van der Waals surface area (Å²) in [6.45, 7) is 8.17. The van der Waals surface area contributed by atoms with Crippen LogP contribution in [0.3, 0.4) is 0 Å². The molecule has 0 bridgehead atoms. The largest absolute Gasteiger partial charge is 0.370 e.